The van der Waals surface area contributed by atoms with Crippen LogP contribution in [-0.4, -0.2) is 47.3 Å². The Kier molecular flexibility index (Phi) is 5.54. The van der Waals surface area contributed by atoms with Gasteiger partial charge in [-0.1, -0.05) is 6.92 Å². The molecule has 0 aliphatic heterocycles. The van der Waals surface area contributed by atoms with E-state index in [1.807, 2.05) is 13.8 Å². The van der Waals surface area contributed by atoms with Crippen LogP contribution in [0, 0.1) is 0 Å². The molecule has 0 saturated carbocycles. The molecule has 0 aliphatic carbocycles. The minimum atomic E-state index is -0.321. The zero-order valence-electron chi connectivity index (χ0n) is 12.0. The first kappa shape index (κ1) is 15.2. The highest BCUT2D eigenvalue weighted by atomic mass is 16.5. The first-order chi connectivity index (χ1) is 9.03. The van der Waals surface area contributed by atoms with Gasteiger partial charge in [0.2, 0.25) is 0 Å². The van der Waals surface area contributed by atoms with E-state index in [2.05, 4.69) is 9.84 Å². The molecule has 0 unspecified atom stereocenters. The molecule has 6 nitrogen and oxygen atoms in total. The van der Waals surface area contributed by atoms with Gasteiger partial charge in [0.15, 0.2) is 0 Å². The van der Waals surface area contributed by atoms with Gasteiger partial charge in [-0.3, -0.25) is 14.3 Å². The second-order valence-electron chi connectivity index (χ2n) is 4.24. The third-order valence-corrected chi connectivity index (χ3v) is 2.94. The number of methoxy groups -OCH3 is 1. The lowest BCUT2D eigenvalue weighted by Gasteiger charge is -2.16. The lowest BCUT2D eigenvalue weighted by Crippen LogP contribution is -2.31. The van der Waals surface area contributed by atoms with Gasteiger partial charge in [-0.15, -0.1) is 0 Å². The third-order valence-electron chi connectivity index (χ3n) is 2.94. The van der Waals surface area contributed by atoms with E-state index in [-0.39, 0.29) is 18.3 Å². The second-order valence-corrected chi connectivity index (χ2v) is 4.24. The van der Waals surface area contributed by atoms with E-state index < -0.39 is 0 Å². The Morgan fingerprint density at radius 2 is 2.11 bits per heavy atom. The Hall–Kier alpha value is -1.85. The van der Waals surface area contributed by atoms with Crippen molar-refractivity contribution in [3.8, 4) is 0 Å². The summed E-state index contributed by atoms with van der Waals surface area (Å²) in [4.78, 5) is 24.9. The molecular weight excluding hydrogens is 246 g/mol. The Morgan fingerprint density at radius 3 is 2.63 bits per heavy atom. The van der Waals surface area contributed by atoms with Gasteiger partial charge in [0.25, 0.3) is 5.91 Å². The SMILES string of the molecule is CCc1cc(C(=O)N(C)CCC(=O)OC)n(CC)n1. The van der Waals surface area contributed by atoms with Gasteiger partial charge in [-0.2, -0.15) is 5.10 Å². The molecule has 6 heteroatoms. The molecule has 0 aromatic carbocycles. The summed E-state index contributed by atoms with van der Waals surface area (Å²) in [5, 5.41) is 4.34. The number of esters is 1. The normalized spacial score (nSPS) is 10.3. The van der Waals surface area contributed by atoms with Gasteiger partial charge in [0.1, 0.15) is 5.69 Å². The molecule has 0 spiro atoms. The number of rotatable bonds is 6. The Morgan fingerprint density at radius 1 is 1.42 bits per heavy atom. The first-order valence-electron chi connectivity index (χ1n) is 6.42. The van der Waals surface area contributed by atoms with Gasteiger partial charge in [-0.05, 0) is 19.4 Å². The number of ether oxygens (including phenoxy) is 1. The van der Waals surface area contributed by atoms with Crippen molar-refractivity contribution in [3.63, 3.8) is 0 Å². The minimum absolute atomic E-state index is 0.127. The smallest absolute Gasteiger partial charge is 0.307 e. The summed E-state index contributed by atoms with van der Waals surface area (Å²) >= 11 is 0. The van der Waals surface area contributed by atoms with Crippen molar-refractivity contribution in [1.82, 2.24) is 14.7 Å². The van der Waals surface area contributed by atoms with Crippen molar-refractivity contribution < 1.29 is 14.3 Å². The molecule has 106 valence electrons. The average Bonchev–Trinajstić information content (AvgIpc) is 2.86. The summed E-state index contributed by atoms with van der Waals surface area (Å²) < 4.78 is 6.25. The minimum Gasteiger partial charge on any atom is -0.469 e. The number of aryl methyl sites for hydroxylation is 2. The predicted molar refractivity (Wildman–Crippen MR) is 70.9 cm³/mol. The number of nitrogens with zero attached hydrogens (tertiary/aromatic N) is 3. The monoisotopic (exact) mass is 267 g/mol. The van der Waals surface area contributed by atoms with Crippen LogP contribution in [0.3, 0.4) is 0 Å². The zero-order valence-corrected chi connectivity index (χ0v) is 12.0. The van der Waals surface area contributed by atoms with E-state index in [1.165, 1.54) is 12.0 Å². The fraction of sp³-hybridized carbons (Fsp3) is 0.615. The van der Waals surface area contributed by atoms with Crippen LogP contribution in [0.15, 0.2) is 6.07 Å². The number of hydrogen-bond acceptors (Lipinski definition) is 4. The van der Waals surface area contributed by atoms with E-state index >= 15 is 0 Å². The fourth-order valence-electron chi connectivity index (χ4n) is 1.71. The van der Waals surface area contributed by atoms with Crippen molar-refractivity contribution in [3.05, 3.63) is 17.5 Å². The van der Waals surface area contributed by atoms with E-state index in [1.54, 1.807) is 17.8 Å². The third kappa shape index (κ3) is 3.81. The van der Waals surface area contributed by atoms with Gasteiger partial charge < -0.3 is 9.64 Å². The number of hydrogen-bond donors (Lipinski definition) is 0. The summed E-state index contributed by atoms with van der Waals surface area (Å²) in [7, 11) is 3.01. The van der Waals surface area contributed by atoms with Crippen LogP contribution in [0.1, 0.15) is 36.5 Å². The van der Waals surface area contributed by atoms with Crippen molar-refractivity contribution in [2.75, 3.05) is 20.7 Å². The molecule has 0 fully saturated rings. The number of aromatic nitrogens is 2. The van der Waals surface area contributed by atoms with Gasteiger partial charge in [0, 0.05) is 20.1 Å². The molecule has 0 bridgehead atoms. The quantitative estimate of drug-likeness (QED) is 0.724. The van der Waals surface area contributed by atoms with Crippen molar-refractivity contribution >= 4 is 11.9 Å². The summed E-state index contributed by atoms with van der Waals surface area (Å²) in [6.07, 6.45) is 0.985. The average molecular weight is 267 g/mol. The van der Waals surface area contributed by atoms with E-state index in [0.29, 0.717) is 18.8 Å². The summed E-state index contributed by atoms with van der Waals surface area (Å²) in [6.45, 7) is 4.92. The van der Waals surface area contributed by atoms with E-state index in [4.69, 9.17) is 0 Å². The van der Waals surface area contributed by atoms with Crippen LogP contribution < -0.4 is 0 Å². The Labute approximate surface area is 113 Å². The van der Waals surface area contributed by atoms with Crippen LogP contribution in [0.4, 0.5) is 0 Å². The van der Waals surface area contributed by atoms with Crippen molar-refractivity contribution in [2.45, 2.75) is 33.2 Å². The standard InChI is InChI=1S/C13H21N3O3/c1-5-10-9-11(16(6-2)14-10)13(18)15(3)8-7-12(17)19-4/h9H,5-8H2,1-4H3. The zero-order chi connectivity index (χ0) is 14.4. The molecular formula is C13H21N3O3. The number of carbonyl (C=O) groups is 2. The number of amides is 1. The molecule has 0 atom stereocenters. The molecule has 19 heavy (non-hydrogen) atoms. The highest BCUT2D eigenvalue weighted by Crippen LogP contribution is 2.09. The van der Waals surface area contributed by atoms with Crippen LogP contribution >= 0.6 is 0 Å². The Balaban J connectivity index is 2.75. The fourth-order valence-corrected chi connectivity index (χ4v) is 1.71. The van der Waals surface area contributed by atoms with Crippen molar-refractivity contribution in [2.24, 2.45) is 0 Å². The molecule has 0 radical (unpaired) electrons. The Bertz CT molecular complexity index is 454. The predicted octanol–water partition coefficient (Wildman–Crippen LogP) is 1.10. The highest BCUT2D eigenvalue weighted by Gasteiger charge is 2.18. The van der Waals surface area contributed by atoms with Crippen LogP contribution in [0.5, 0.6) is 0 Å². The molecule has 0 aliphatic rings. The lowest BCUT2D eigenvalue weighted by molar-refractivity contribution is -0.140. The van der Waals surface area contributed by atoms with Crippen LogP contribution in [0.2, 0.25) is 0 Å². The molecule has 0 saturated heterocycles. The van der Waals surface area contributed by atoms with E-state index in [0.717, 1.165) is 12.1 Å². The molecule has 1 rings (SSSR count). The molecule has 1 heterocycles. The summed E-state index contributed by atoms with van der Waals surface area (Å²) in [5.74, 6) is -0.448. The van der Waals surface area contributed by atoms with Crippen LogP contribution in [0.25, 0.3) is 0 Å². The van der Waals surface area contributed by atoms with Crippen LogP contribution in [-0.2, 0) is 22.5 Å². The topological polar surface area (TPSA) is 64.4 Å². The maximum atomic E-state index is 12.3. The molecule has 0 N–H and O–H groups in total. The maximum absolute atomic E-state index is 12.3. The molecule has 1 aromatic heterocycles. The molecule has 1 amide bonds. The second kappa shape index (κ2) is 6.92. The summed E-state index contributed by atoms with van der Waals surface area (Å²) in [5.41, 5.74) is 1.46. The van der Waals surface area contributed by atoms with Gasteiger partial charge in [0.05, 0.1) is 19.2 Å². The first-order valence-corrected chi connectivity index (χ1v) is 6.42. The van der Waals surface area contributed by atoms with Crippen molar-refractivity contribution in [1.29, 1.82) is 0 Å². The maximum Gasteiger partial charge on any atom is 0.307 e. The summed E-state index contributed by atoms with van der Waals surface area (Å²) in [6, 6.07) is 1.81. The lowest BCUT2D eigenvalue weighted by atomic mass is 10.2. The van der Waals surface area contributed by atoms with E-state index in [9.17, 15) is 9.59 Å². The molecule has 1 aromatic rings. The largest absolute Gasteiger partial charge is 0.469 e. The number of carbonyl (C=O) groups excluding carboxylic acids is 2. The highest BCUT2D eigenvalue weighted by molar-refractivity contribution is 5.92. The van der Waals surface area contributed by atoms with Gasteiger partial charge >= 0.3 is 5.97 Å². The van der Waals surface area contributed by atoms with Gasteiger partial charge in [-0.25, -0.2) is 0 Å².